The fourth-order valence-corrected chi connectivity index (χ4v) is 2.20. The van der Waals surface area contributed by atoms with Crippen LogP contribution in [-0.2, 0) is 4.74 Å². The molecule has 2 rings (SSSR count). The normalized spacial score (nSPS) is 17.8. The van der Waals surface area contributed by atoms with E-state index in [9.17, 15) is 4.79 Å². The van der Waals surface area contributed by atoms with Crippen LogP contribution in [0.1, 0.15) is 23.2 Å². The molecule has 1 saturated heterocycles. The number of nitrogens with two attached hydrogens (primary N) is 1. The number of methoxy groups -OCH3 is 2. The Labute approximate surface area is 118 Å². The van der Waals surface area contributed by atoms with Crippen molar-refractivity contribution in [2.45, 2.75) is 18.9 Å². The Balaban J connectivity index is 2.08. The Kier molecular flexibility index (Phi) is 4.68. The van der Waals surface area contributed by atoms with Gasteiger partial charge in [-0.15, -0.1) is 0 Å². The molecule has 0 radical (unpaired) electrons. The van der Waals surface area contributed by atoms with Gasteiger partial charge in [0.1, 0.15) is 0 Å². The first-order valence-corrected chi connectivity index (χ1v) is 6.57. The minimum atomic E-state index is -0.237. The zero-order chi connectivity index (χ0) is 14.5. The topological polar surface area (TPSA) is 82.8 Å². The van der Waals surface area contributed by atoms with Gasteiger partial charge in [0.25, 0.3) is 5.91 Å². The summed E-state index contributed by atoms with van der Waals surface area (Å²) in [5.74, 6) is 0.739. The first kappa shape index (κ1) is 14.5. The molecule has 1 aliphatic rings. The van der Waals surface area contributed by atoms with Crippen molar-refractivity contribution in [3.8, 4) is 11.5 Å². The molecule has 1 atom stereocenters. The first-order chi connectivity index (χ1) is 9.65. The van der Waals surface area contributed by atoms with E-state index in [4.69, 9.17) is 19.9 Å². The number of hydrogen-bond acceptors (Lipinski definition) is 5. The maximum atomic E-state index is 12.1. The monoisotopic (exact) mass is 280 g/mol. The molecule has 1 heterocycles. The molecule has 1 aromatic carbocycles. The minimum Gasteiger partial charge on any atom is -0.493 e. The van der Waals surface area contributed by atoms with Gasteiger partial charge in [-0.3, -0.25) is 4.79 Å². The molecule has 1 aromatic rings. The fourth-order valence-electron chi connectivity index (χ4n) is 2.20. The Morgan fingerprint density at radius 3 is 2.70 bits per heavy atom. The van der Waals surface area contributed by atoms with Gasteiger partial charge in [-0.2, -0.15) is 0 Å². The number of ether oxygens (including phenoxy) is 3. The van der Waals surface area contributed by atoms with Gasteiger partial charge in [-0.05, 0) is 18.9 Å². The van der Waals surface area contributed by atoms with Crippen LogP contribution in [0, 0.1) is 0 Å². The second-order valence-electron chi connectivity index (χ2n) is 4.64. The largest absolute Gasteiger partial charge is 0.493 e. The molecule has 0 spiro atoms. The van der Waals surface area contributed by atoms with Crippen LogP contribution in [0.3, 0.4) is 0 Å². The molecule has 6 heteroatoms. The molecular weight excluding hydrogens is 260 g/mol. The number of anilines is 1. The number of hydrogen-bond donors (Lipinski definition) is 2. The average Bonchev–Trinajstić information content (AvgIpc) is 2.97. The summed E-state index contributed by atoms with van der Waals surface area (Å²) in [6, 6.07) is 3.17. The fraction of sp³-hybridized carbons (Fsp3) is 0.500. The quantitative estimate of drug-likeness (QED) is 0.792. The Hall–Kier alpha value is -1.95. The van der Waals surface area contributed by atoms with Crippen LogP contribution in [0.5, 0.6) is 11.5 Å². The van der Waals surface area contributed by atoms with Crippen LogP contribution in [0.2, 0.25) is 0 Å². The van der Waals surface area contributed by atoms with E-state index in [0.29, 0.717) is 29.3 Å². The maximum absolute atomic E-state index is 12.1. The van der Waals surface area contributed by atoms with Gasteiger partial charge in [0, 0.05) is 24.9 Å². The third-order valence-corrected chi connectivity index (χ3v) is 3.31. The van der Waals surface area contributed by atoms with E-state index in [2.05, 4.69) is 5.32 Å². The van der Waals surface area contributed by atoms with Crippen LogP contribution in [0.25, 0.3) is 0 Å². The number of benzene rings is 1. The lowest BCUT2D eigenvalue weighted by atomic mass is 10.1. The van der Waals surface area contributed by atoms with E-state index >= 15 is 0 Å². The second-order valence-corrected chi connectivity index (χ2v) is 4.64. The summed E-state index contributed by atoms with van der Waals surface area (Å²) in [6.45, 7) is 1.26. The number of nitrogen functional groups attached to an aromatic ring is 1. The van der Waals surface area contributed by atoms with Crippen molar-refractivity contribution in [2.75, 3.05) is 33.1 Å². The van der Waals surface area contributed by atoms with Crippen molar-refractivity contribution in [1.82, 2.24) is 5.32 Å². The van der Waals surface area contributed by atoms with Gasteiger partial charge in [-0.25, -0.2) is 0 Å². The van der Waals surface area contributed by atoms with Crippen molar-refractivity contribution in [3.05, 3.63) is 17.7 Å². The van der Waals surface area contributed by atoms with Gasteiger partial charge in [-0.1, -0.05) is 0 Å². The van der Waals surface area contributed by atoms with Gasteiger partial charge >= 0.3 is 0 Å². The smallest absolute Gasteiger partial charge is 0.253 e. The van der Waals surface area contributed by atoms with Gasteiger partial charge in [0.05, 0.1) is 25.9 Å². The van der Waals surface area contributed by atoms with E-state index in [1.807, 2.05) is 0 Å². The SMILES string of the molecule is COc1cc(N)c(C(=O)NC[C@@H]2CCCO2)cc1OC. The maximum Gasteiger partial charge on any atom is 0.253 e. The van der Waals surface area contributed by atoms with E-state index in [-0.39, 0.29) is 12.0 Å². The molecule has 0 aromatic heterocycles. The van der Waals surface area contributed by atoms with E-state index < -0.39 is 0 Å². The zero-order valence-electron chi connectivity index (χ0n) is 11.8. The predicted molar refractivity (Wildman–Crippen MR) is 75.3 cm³/mol. The highest BCUT2D eigenvalue weighted by Crippen LogP contribution is 2.31. The highest BCUT2D eigenvalue weighted by molar-refractivity contribution is 6.00. The van der Waals surface area contributed by atoms with Gasteiger partial charge < -0.3 is 25.3 Å². The van der Waals surface area contributed by atoms with Gasteiger partial charge in [0.2, 0.25) is 0 Å². The first-order valence-electron chi connectivity index (χ1n) is 6.57. The summed E-state index contributed by atoms with van der Waals surface area (Å²) in [4.78, 5) is 12.1. The highest BCUT2D eigenvalue weighted by Gasteiger charge is 2.19. The molecule has 0 bridgehead atoms. The lowest BCUT2D eigenvalue weighted by Gasteiger charge is -2.14. The van der Waals surface area contributed by atoms with E-state index in [1.54, 1.807) is 12.1 Å². The highest BCUT2D eigenvalue weighted by atomic mass is 16.5. The molecule has 1 amide bonds. The lowest BCUT2D eigenvalue weighted by Crippen LogP contribution is -2.32. The zero-order valence-corrected chi connectivity index (χ0v) is 11.8. The Morgan fingerprint density at radius 1 is 1.40 bits per heavy atom. The third-order valence-electron chi connectivity index (χ3n) is 3.31. The van der Waals surface area contributed by atoms with Crippen LogP contribution >= 0.6 is 0 Å². The van der Waals surface area contributed by atoms with E-state index in [0.717, 1.165) is 19.4 Å². The van der Waals surface area contributed by atoms with Crippen molar-refractivity contribution in [3.63, 3.8) is 0 Å². The molecule has 0 unspecified atom stereocenters. The second kappa shape index (κ2) is 6.47. The molecule has 110 valence electrons. The molecule has 1 fully saturated rings. The Morgan fingerprint density at radius 2 is 2.10 bits per heavy atom. The van der Waals surface area contributed by atoms with Crippen molar-refractivity contribution < 1.29 is 19.0 Å². The van der Waals surface area contributed by atoms with Crippen molar-refractivity contribution in [2.24, 2.45) is 0 Å². The van der Waals surface area contributed by atoms with Crippen LogP contribution in [-0.4, -0.2) is 39.4 Å². The molecule has 0 saturated carbocycles. The number of rotatable bonds is 5. The summed E-state index contributed by atoms with van der Waals surface area (Å²) in [5, 5.41) is 2.83. The molecular formula is C14H20N2O4. The van der Waals surface area contributed by atoms with E-state index in [1.165, 1.54) is 14.2 Å². The standard InChI is InChI=1S/C14H20N2O4/c1-18-12-6-10(11(15)7-13(12)19-2)14(17)16-8-9-4-3-5-20-9/h6-7,9H,3-5,8,15H2,1-2H3,(H,16,17)/t9-/m0/s1. The Bertz CT molecular complexity index is 484. The molecule has 3 N–H and O–H groups in total. The summed E-state index contributed by atoms with van der Waals surface area (Å²) in [6.07, 6.45) is 2.11. The van der Waals surface area contributed by atoms with Crippen molar-refractivity contribution >= 4 is 11.6 Å². The number of amides is 1. The summed E-state index contributed by atoms with van der Waals surface area (Å²) in [5.41, 5.74) is 6.61. The molecule has 0 aliphatic carbocycles. The summed E-state index contributed by atoms with van der Waals surface area (Å²) in [7, 11) is 3.04. The molecule has 6 nitrogen and oxygen atoms in total. The molecule has 20 heavy (non-hydrogen) atoms. The van der Waals surface area contributed by atoms with Crippen LogP contribution in [0.15, 0.2) is 12.1 Å². The van der Waals surface area contributed by atoms with Gasteiger partial charge in [0.15, 0.2) is 11.5 Å². The summed E-state index contributed by atoms with van der Waals surface area (Å²) >= 11 is 0. The summed E-state index contributed by atoms with van der Waals surface area (Å²) < 4.78 is 15.8. The number of carbonyl (C=O) groups is 1. The van der Waals surface area contributed by atoms with Crippen LogP contribution < -0.4 is 20.5 Å². The van der Waals surface area contributed by atoms with Crippen molar-refractivity contribution in [1.29, 1.82) is 0 Å². The van der Waals surface area contributed by atoms with Crippen LogP contribution in [0.4, 0.5) is 5.69 Å². The minimum absolute atomic E-state index is 0.0975. The average molecular weight is 280 g/mol. The number of carbonyl (C=O) groups excluding carboxylic acids is 1. The predicted octanol–water partition coefficient (Wildman–Crippen LogP) is 1.19. The third kappa shape index (κ3) is 3.14. The molecule has 1 aliphatic heterocycles. The number of nitrogens with one attached hydrogen (secondary N) is 1. The lowest BCUT2D eigenvalue weighted by molar-refractivity contribution is 0.0858.